The molecule has 0 unspecified atom stereocenters. The summed E-state index contributed by atoms with van der Waals surface area (Å²) < 4.78 is 0. The minimum Gasteiger partial charge on any atom is -0.330 e. The Morgan fingerprint density at radius 2 is 2.40 bits per heavy atom. The molecule has 0 atom stereocenters. The van der Waals surface area contributed by atoms with Crippen LogP contribution in [0.4, 0.5) is 0 Å². The molecular formula is C9H15N. The average Bonchev–Trinajstić information content (AvgIpc) is 1.97. The van der Waals surface area contributed by atoms with Gasteiger partial charge in [-0.1, -0.05) is 11.6 Å². The van der Waals surface area contributed by atoms with Crippen LogP contribution in [0.2, 0.25) is 0 Å². The third kappa shape index (κ3) is 5.40. The molecule has 0 amide bonds. The topological polar surface area (TPSA) is 26.0 Å². The molecule has 0 aliphatic carbocycles. The van der Waals surface area contributed by atoms with Crippen molar-refractivity contribution in [3.8, 4) is 12.3 Å². The zero-order valence-corrected chi connectivity index (χ0v) is 6.56. The molecule has 1 heteroatoms. The molecule has 2 N–H and O–H groups in total. The molecular weight excluding hydrogens is 122 g/mol. The second-order valence-electron chi connectivity index (χ2n) is 2.35. The Bertz CT molecular complexity index is 139. The van der Waals surface area contributed by atoms with Gasteiger partial charge in [-0.2, -0.15) is 0 Å². The van der Waals surface area contributed by atoms with E-state index in [0.29, 0.717) is 0 Å². The van der Waals surface area contributed by atoms with Gasteiger partial charge in [0.15, 0.2) is 0 Å². The van der Waals surface area contributed by atoms with E-state index in [4.69, 9.17) is 12.2 Å². The van der Waals surface area contributed by atoms with Crippen molar-refractivity contribution in [1.29, 1.82) is 0 Å². The summed E-state index contributed by atoms with van der Waals surface area (Å²) in [6, 6.07) is 0. The molecule has 0 aromatic heterocycles. The fourth-order valence-electron chi connectivity index (χ4n) is 0.716. The van der Waals surface area contributed by atoms with Crippen LogP contribution in [0.5, 0.6) is 0 Å². The molecule has 0 bridgehead atoms. The van der Waals surface area contributed by atoms with Crippen LogP contribution in [-0.2, 0) is 0 Å². The highest BCUT2D eigenvalue weighted by atomic mass is 14.5. The summed E-state index contributed by atoms with van der Waals surface area (Å²) in [6.45, 7) is 2.86. The van der Waals surface area contributed by atoms with Gasteiger partial charge in [-0.05, 0) is 26.3 Å². The van der Waals surface area contributed by atoms with E-state index in [1.165, 1.54) is 5.57 Å². The van der Waals surface area contributed by atoms with Crippen LogP contribution in [0.1, 0.15) is 26.2 Å². The first-order valence-electron chi connectivity index (χ1n) is 3.60. The van der Waals surface area contributed by atoms with Gasteiger partial charge in [-0.3, -0.25) is 0 Å². The number of hydrogen-bond acceptors (Lipinski definition) is 1. The fourth-order valence-corrected chi connectivity index (χ4v) is 0.716. The van der Waals surface area contributed by atoms with Gasteiger partial charge < -0.3 is 5.73 Å². The maximum absolute atomic E-state index is 5.34. The van der Waals surface area contributed by atoms with Crippen LogP contribution in [0.3, 0.4) is 0 Å². The standard InChI is InChI=1S/C9H15N/c1-3-4-6-9(2)7-5-8-10/h1,6H,4-5,7-8,10H2,2H3/b9-6+. The summed E-state index contributed by atoms with van der Waals surface area (Å²) in [7, 11) is 0. The molecule has 0 heterocycles. The first-order chi connectivity index (χ1) is 4.81. The van der Waals surface area contributed by atoms with Crippen molar-refractivity contribution in [2.45, 2.75) is 26.2 Å². The lowest BCUT2D eigenvalue weighted by molar-refractivity contribution is 0.821. The van der Waals surface area contributed by atoms with E-state index >= 15 is 0 Å². The Labute approximate surface area is 63.3 Å². The molecule has 0 spiro atoms. The van der Waals surface area contributed by atoms with Crippen molar-refractivity contribution in [2.24, 2.45) is 5.73 Å². The minimum atomic E-state index is 0.746. The second kappa shape index (κ2) is 6.38. The summed E-state index contributed by atoms with van der Waals surface area (Å²) >= 11 is 0. The third-order valence-corrected chi connectivity index (χ3v) is 1.34. The highest BCUT2D eigenvalue weighted by Gasteiger charge is 1.86. The lowest BCUT2D eigenvalue weighted by Crippen LogP contribution is -1.97. The Kier molecular flexibility index (Phi) is 5.91. The highest BCUT2D eigenvalue weighted by molar-refractivity contribution is 5.04. The third-order valence-electron chi connectivity index (χ3n) is 1.34. The molecule has 0 radical (unpaired) electrons. The average molecular weight is 137 g/mol. The van der Waals surface area contributed by atoms with Crippen LogP contribution >= 0.6 is 0 Å². The molecule has 0 saturated heterocycles. The van der Waals surface area contributed by atoms with Crippen molar-refractivity contribution in [2.75, 3.05) is 6.54 Å². The van der Waals surface area contributed by atoms with E-state index in [-0.39, 0.29) is 0 Å². The normalized spacial score (nSPS) is 11.1. The van der Waals surface area contributed by atoms with E-state index in [1.807, 2.05) is 0 Å². The molecule has 0 aromatic rings. The van der Waals surface area contributed by atoms with Gasteiger partial charge in [-0.25, -0.2) is 0 Å². The van der Waals surface area contributed by atoms with Crippen LogP contribution < -0.4 is 5.73 Å². The minimum absolute atomic E-state index is 0.746. The molecule has 0 fully saturated rings. The molecule has 1 nitrogen and oxygen atoms in total. The summed E-state index contributed by atoms with van der Waals surface area (Å²) in [4.78, 5) is 0. The summed E-state index contributed by atoms with van der Waals surface area (Å²) in [6.07, 6.45) is 10.1. The Morgan fingerprint density at radius 1 is 1.70 bits per heavy atom. The molecule has 56 valence electrons. The first kappa shape index (κ1) is 9.26. The van der Waals surface area contributed by atoms with Gasteiger partial charge in [-0.15, -0.1) is 12.3 Å². The van der Waals surface area contributed by atoms with Gasteiger partial charge >= 0.3 is 0 Å². The zero-order valence-electron chi connectivity index (χ0n) is 6.56. The number of terminal acetylenes is 1. The highest BCUT2D eigenvalue weighted by Crippen LogP contribution is 2.02. The van der Waals surface area contributed by atoms with Gasteiger partial charge in [0.2, 0.25) is 0 Å². The van der Waals surface area contributed by atoms with Crippen molar-refractivity contribution in [1.82, 2.24) is 0 Å². The largest absolute Gasteiger partial charge is 0.330 e. The molecule has 0 aromatic carbocycles. The summed E-state index contributed by atoms with van der Waals surface area (Å²) in [5.74, 6) is 2.57. The van der Waals surface area contributed by atoms with E-state index in [2.05, 4.69) is 18.9 Å². The molecule has 0 saturated carbocycles. The van der Waals surface area contributed by atoms with E-state index < -0.39 is 0 Å². The summed E-state index contributed by atoms with van der Waals surface area (Å²) in [5.41, 5.74) is 6.69. The molecule has 0 aliphatic heterocycles. The predicted molar refractivity (Wildman–Crippen MR) is 45.5 cm³/mol. The van der Waals surface area contributed by atoms with Crippen molar-refractivity contribution < 1.29 is 0 Å². The van der Waals surface area contributed by atoms with E-state index in [1.54, 1.807) is 0 Å². The Balaban J connectivity index is 3.42. The summed E-state index contributed by atoms with van der Waals surface area (Å²) in [5, 5.41) is 0. The van der Waals surface area contributed by atoms with Gasteiger partial charge in [0.25, 0.3) is 0 Å². The molecule has 10 heavy (non-hydrogen) atoms. The zero-order chi connectivity index (χ0) is 7.82. The van der Waals surface area contributed by atoms with Gasteiger partial charge in [0, 0.05) is 6.42 Å². The predicted octanol–water partition coefficient (Wildman–Crippen LogP) is 1.69. The van der Waals surface area contributed by atoms with Gasteiger partial charge in [0.1, 0.15) is 0 Å². The number of hydrogen-bond donors (Lipinski definition) is 1. The van der Waals surface area contributed by atoms with Gasteiger partial charge in [0.05, 0.1) is 0 Å². The smallest absolute Gasteiger partial charge is 0.0269 e. The number of rotatable bonds is 4. The Hall–Kier alpha value is -0.740. The number of nitrogens with two attached hydrogens (primary N) is 1. The number of allylic oxidation sites excluding steroid dienone is 2. The molecule has 0 rings (SSSR count). The SMILES string of the molecule is C#CC/C=C(\C)CCCN. The lowest BCUT2D eigenvalue weighted by Gasteiger charge is -1.96. The second-order valence-corrected chi connectivity index (χ2v) is 2.35. The van der Waals surface area contributed by atoms with Crippen molar-refractivity contribution in [3.63, 3.8) is 0 Å². The van der Waals surface area contributed by atoms with E-state index in [9.17, 15) is 0 Å². The van der Waals surface area contributed by atoms with Crippen LogP contribution in [0.15, 0.2) is 11.6 Å². The van der Waals surface area contributed by atoms with Crippen LogP contribution in [-0.4, -0.2) is 6.54 Å². The maximum atomic E-state index is 5.34. The molecule has 0 aliphatic rings. The monoisotopic (exact) mass is 137 g/mol. The first-order valence-corrected chi connectivity index (χ1v) is 3.60. The van der Waals surface area contributed by atoms with Crippen molar-refractivity contribution in [3.05, 3.63) is 11.6 Å². The maximum Gasteiger partial charge on any atom is 0.0269 e. The fraction of sp³-hybridized carbons (Fsp3) is 0.556. The van der Waals surface area contributed by atoms with Crippen molar-refractivity contribution >= 4 is 0 Å². The Morgan fingerprint density at radius 3 is 2.90 bits per heavy atom. The lowest BCUT2D eigenvalue weighted by atomic mass is 10.1. The van der Waals surface area contributed by atoms with Crippen LogP contribution in [0.25, 0.3) is 0 Å². The quantitative estimate of drug-likeness (QED) is 0.463. The van der Waals surface area contributed by atoms with Crippen LogP contribution in [0, 0.1) is 12.3 Å². The van der Waals surface area contributed by atoms with E-state index in [0.717, 1.165) is 25.8 Å².